The van der Waals surface area contributed by atoms with E-state index in [2.05, 4.69) is 5.32 Å². The predicted octanol–water partition coefficient (Wildman–Crippen LogP) is 3.49. The van der Waals surface area contributed by atoms with Crippen LogP contribution in [-0.2, 0) is 26.2 Å². The molecule has 0 bridgehead atoms. The standard InChI is InChI=1S/C27H37N3O5S/c1-20-10-16-25(17-11-20)36(33,34)29(3)19-26(31)30(18-22-12-14-24(35-4)15-13-22)21(2)27(32)28-23-8-6-5-7-9-23/h10-17,21,23H,5-9,18-19H2,1-4H3,(H,28,32)/t21-/m1/s1. The number of methoxy groups -OCH3 is 1. The van der Waals surface area contributed by atoms with Crippen LogP contribution in [0.3, 0.4) is 0 Å². The predicted molar refractivity (Wildman–Crippen MR) is 139 cm³/mol. The maximum absolute atomic E-state index is 13.5. The van der Waals surface area contributed by atoms with Crippen LogP contribution >= 0.6 is 0 Å². The van der Waals surface area contributed by atoms with Crippen LogP contribution in [0, 0.1) is 6.92 Å². The lowest BCUT2D eigenvalue weighted by atomic mass is 9.95. The molecule has 9 heteroatoms. The Morgan fingerprint density at radius 3 is 2.22 bits per heavy atom. The molecule has 1 aliphatic carbocycles. The van der Waals surface area contributed by atoms with Crippen molar-refractivity contribution in [3.8, 4) is 5.75 Å². The molecule has 2 amide bonds. The molecule has 1 N–H and O–H groups in total. The molecular weight excluding hydrogens is 478 g/mol. The molecule has 0 unspecified atom stereocenters. The number of benzene rings is 2. The number of carbonyl (C=O) groups excluding carboxylic acids is 2. The number of likely N-dealkylation sites (N-methyl/N-ethyl adjacent to an activating group) is 1. The highest BCUT2D eigenvalue weighted by Gasteiger charge is 2.31. The second kappa shape index (κ2) is 12.4. The zero-order chi connectivity index (χ0) is 26.3. The summed E-state index contributed by atoms with van der Waals surface area (Å²) in [5.74, 6) is 0.00625. The summed E-state index contributed by atoms with van der Waals surface area (Å²) in [6.45, 7) is 3.35. The molecular formula is C27H37N3O5S. The molecule has 2 aromatic rings. The fourth-order valence-electron chi connectivity index (χ4n) is 4.34. The van der Waals surface area contributed by atoms with Gasteiger partial charge in [0.2, 0.25) is 21.8 Å². The van der Waals surface area contributed by atoms with Crippen molar-refractivity contribution in [2.24, 2.45) is 0 Å². The zero-order valence-corrected chi connectivity index (χ0v) is 22.4. The Labute approximate surface area is 214 Å². The van der Waals surface area contributed by atoms with E-state index in [0.29, 0.717) is 5.75 Å². The minimum Gasteiger partial charge on any atom is -0.497 e. The Hall–Kier alpha value is -2.91. The minimum absolute atomic E-state index is 0.108. The summed E-state index contributed by atoms with van der Waals surface area (Å²) >= 11 is 0. The number of nitrogens with zero attached hydrogens (tertiary/aromatic N) is 2. The van der Waals surface area contributed by atoms with Crippen molar-refractivity contribution in [2.45, 2.75) is 69.5 Å². The molecule has 1 saturated carbocycles. The molecule has 8 nitrogen and oxygen atoms in total. The smallest absolute Gasteiger partial charge is 0.243 e. The summed E-state index contributed by atoms with van der Waals surface area (Å²) in [5, 5.41) is 3.09. The molecule has 2 aromatic carbocycles. The number of rotatable bonds is 10. The van der Waals surface area contributed by atoms with Gasteiger partial charge in [0.25, 0.3) is 0 Å². The lowest BCUT2D eigenvalue weighted by molar-refractivity contribution is -0.141. The Bertz CT molecular complexity index is 1130. The molecule has 36 heavy (non-hydrogen) atoms. The van der Waals surface area contributed by atoms with Crippen LogP contribution in [-0.4, -0.2) is 62.2 Å². The van der Waals surface area contributed by atoms with E-state index in [1.165, 1.54) is 30.5 Å². The van der Waals surface area contributed by atoms with Gasteiger partial charge in [-0.05, 0) is 56.5 Å². The third kappa shape index (κ3) is 7.07. The SMILES string of the molecule is COc1ccc(CN(C(=O)CN(C)S(=O)(=O)c2ccc(C)cc2)[C@H](C)C(=O)NC2CCCCC2)cc1. The van der Waals surface area contributed by atoms with Gasteiger partial charge >= 0.3 is 0 Å². The van der Waals surface area contributed by atoms with Crippen LogP contribution in [0.15, 0.2) is 53.4 Å². The number of hydrogen-bond acceptors (Lipinski definition) is 5. The molecule has 0 saturated heterocycles. The lowest BCUT2D eigenvalue weighted by Crippen LogP contribution is -2.52. The van der Waals surface area contributed by atoms with E-state index in [1.807, 2.05) is 19.1 Å². The van der Waals surface area contributed by atoms with Crippen LogP contribution in [0.1, 0.15) is 50.2 Å². The number of aryl methyl sites for hydroxylation is 1. The van der Waals surface area contributed by atoms with E-state index in [-0.39, 0.29) is 29.9 Å². The van der Waals surface area contributed by atoms with Crippen LogP contribution in [0.4, 0.5) is 0 Å². The molecule has 3 rings (SSSR count). The molecule has 1 fully saturated rings. The number of nitrogens with one attached hydrogen (secondary N) is 1. The number of amides is 2. The topological polar surface area (TPSA) is 96.0 Å². The fourth-order valence-corrected chi connectivity index (χ4v) is 5.46. The highest BCUT2D eigenvalue weighted by atomic mass is 32.2. The molecule has 0 spiro atoms. The average molecular weight is 516 g/mol. The second-order valence-corrected chi connectivity index (χ2v) is 11.5. The van der Waals surface area contributed by atoms with Crippen molar-refractivity contribution in [3.05, 3.63) is 59.7 Å². The first-order valence-corrected chi connectivity index (χ1v) is 13.8. The summed E-state index contributed by atoms with van der Waals surface area (Å²) in [7, 11) is -0.909. The first kappa shape index (κ1) is 27.7. The second-order valence-electron chi connectivity index (χ2n) is 9.46. The summed E-state index contributed by atoms with van der Waals surface area (Å²) in [6, 6.07) is 13.1. The van der Waals surface area contributed by atoms with Crippen molar-refractivity contribution in [1.29, 1.82) is 0 Å². The molecule has 1 atom stereocenters. The van der Waals surface area contributed by atoms with Crippen molar-refractivity contribution < 1.29 is 22.7 Å². The first-order valence-electron chi connectivity index (χ1n) is 12.4. The number of hydrogen-bond donors (Lipinski definition) is 1. The summed E-state index contributed by atoms with van der Waals surface area (Å²) < 4.78 is 32.4. The molecule has 0 radical (unpaired) electrons. The minimum atomic E-state index is -3.87. The molecule has 1 aliphatic rings. The van der Waals surface area contributed by atoms with Gasteiger partial charge in [0.1, 0.15) is 11.8 Å². The van der Waals surface area contributed by atoms with E-state index in [1.54, 1.807) is 38.3 Å². The Morgan fingerprint density at radius 1 is 1.03 bits per heavy atom. The number of sulfonamides is 1. The van der Waals surface area contributed by atoms with Gasteiger partial charge < -0.3 is 15.0 Å². The van der Waals surface area contributed by atoms with Gasteiger partial charge in [0.15, 0.2) is 0 Å². The van der Waals surface area contributed by atoms with Gasteiger partial charge in [-0.2, -0.15) is 4.31 Å². The van der Waals surface area contributed by atoms with E-state index in [0.717, 1.165) is 41.1 Å². The third-order valence-electron chi connectivity index (χ3n) is 6.72. The van der Waals surface area contributed by atoms with Crippen molar-refractivity contribution >= 4 is 21.8 Å². The van der Waals surface area contributed by atoms with Crippen LogP contribution in [0.25, 0.3) is 0 Å². The van der Waals surface area contributed by atoms with E-state index < -0.39 is 22.0 Å². The molecule has 196 valence electrons. The quantitative estimate of drug-likeness (QED) is 0.523. The summed E-state index contributed by atoms with van der Waals surface area (Å²) in [4.78, 5) is 28.2. The van der Waals surface area contributed by atoms with Crippen LogP contribution < -0.4 is 10.1 Å². The maximum Gasteiger partial charge on any atom is 0.243 e. The van der Waals surface area contributed by atoms with Gasteiger partial charge in [0.05, 0.1) is 18.6 Å². The lowest BCUT2D eigenvalue weighted by Gasteiger charge is -2.32. The van der Waals surface area contributed by atoms with Gasteiger partial charge in [-0.25, -0.2) is 8.42 Å². The molecule has 0 heterocycles. The normalized spacial score (nSPS) is 15.4. The highest BCUT2D eigenvalue weighted by Crippen LogP contribution is 2.20. The van der Waals surface area contributed by atoms with Crippen molar-refractivity contribution in [2.75, 3.05) is 20.7 Å². The number of ether oxygens (including phenoxy) is 1. The summed E-state index contributed by atoms with van der Waals surface area (Å²) in [5.41, 5.74) is 1.75. The Balaban J connectivity index is 1.79. The van der Waals surface area contributed by atoms with Crippen molar-refractivity contribution in [3.63, 3.8) is 0 Å². The van der Waals surface area contributed by atoms with Gasteiger partial charge in [-0.15, -0.1) is 0 Å². The maximum atomic E-state index is 13.5. The van der Waals surface area contributed by atoms with Gasteiger partial charge in [-0.1, -0.05) is 49.1 Å². The van der Waals surface area contributed by atoms with E-state index in [4.69, 9.17) is 4.74 Å². The van der Waals surface area contributed by atoms with Gasteiger partial charge in [0, 0.05) is 19.6 Å². The van der Waals surface area contributed by atoms with E-state index >= 15 is 0 Å². The van der Waals surface area contributed by atoms with Gasteiger partial charge in [-0.3, -0.25) is 9.59 Å². The average Bonchev–Trinajstić information content (AvgIpc) is 2.88. The highest BCUT2D eigenvalue weighted by molar-refractivity contribution is 7.89. The fraction of sp³-hybridized carbons (Fsp3) is 0.481. The van der Waals surface area contributed by atoms with E-state index in [9.17, 15) is 18.0 Å². The third-order valence-corrected chi connectivity index (χ3v) is 8.54. The van der Waals surface area contributed by atoms with Crippen LogP contribution in [0.2, 0.25) is 0 Å². The molecule has 0 aliphatic heterocycles. The Kier molecular flexibility index (Phi) is 9.50. The summed E-state index contributed by atoms with van der Waals surface area (Å²) in [6.07, 6.45) is 5.20. The van der Waals surface area contributed by atoms with Crippen LogP contribution in [0.5, 0.6) is 5.75 Å². The largest absolute Gasteiger partial charge is 0.497 e. The van der Waals surface area contributed by atoms with Crippen molar-refractivity contribution in [1.82, 2.24) is 14.5 Å². The number of carbonyl (C=O) groups is 2. The zero-order valence-electron chi connectivity index (χ0n) is 21.6. The Morgan fingerprint density at radius 2 is 1.64 bits per heavy atom. The molecule has 0 aromatic heterocycles. The monoisotopic (exact) mass is 515 g/mol. The first-order chi connectivity index (χ1) is 17.1.